The second-order valence-corrected chi connectivity index (χ2v) is 4.81. The van der Waals surface area contributed by atoms with Crippen LogP contribution in [0.5, 0.6) is 0 Å². The molecule has 0 aliphatic heterocycles. The van der Waals surface area contributed by atoms with Crippen molar-refractivity contribution < 1.29 is 0 Å². The maximum atomic E-state index is 5.84. The largest absolute Gasteiger partial charge is 0.372 e. The van der Waals surface area contributed by atoms with Crippen LogP contribution in [0.25, 0.3) is 0 Å². The van der Waals surface area contributed by atoms with Crippen molar-refractivity contribution in [2.24, 2.45) is 11.7 Å². The summed E-state index contributed by atoms with van der Waals surface area (Å²) in [5.41, 5.74) is 8.33. The monoisotopic (exact) mass is 220 g/mol. The zero-order valence-electron chi connectivity index (χ0n) is 10.9. The van der Waals surface area contributed by atoms with Crippen molar-refractivity contribution in [3.63, 3.8) is 0 Å². The third kappa shape index (κ3) is 3.53. The van der Waals surface area contributed by atoms with E-state index in [0.29, 0.717) is 5.92 Å². The fraction of sp³-hybridized carbons (Fsp3) is 0.571. The average molecular weight is 220 g/mol. The van der Waals surface area contributed by atoms with Gasteiger partial charge in [0.1, 0.15) is 0 Å². The number of benzene rings is 1. The van der Waals surface area contributed by atoms with Gasteiger partial charge in [-0.1, -0.05) is 26.0 Å². The summed E-state index contributed by atoms with van der Waals surface area (Å²) in [6, 6.07) is 8.72. The molecule has 90 valence electrons. The quantitative estimate of drug-likeness (QED) is 0.825. The summed E-state index contributed by atoms with van der Waals surface area (Å²) in [7, 11) is 0. The Kier molecular flexibility index (Phi) is 4.81. The molecule has 0 fully saturated rings. The minimum Gasteiger partial charge on any atom is -0.372 e. The van der Waals surface area contributed by atoms with Crippen LogP contribution in [0.2, 0.25) is 0 Å². The number of hydrogen-bond acceptors (Lipinski definition) is 2. The van der Waals surface area contributed by atoms with Gasteiger partial charge in [-0.15, -0.1) is 0 Å². The second kappa shape index (κ2) is 5.90. The van der Waals surface area contributed by atoms with E-state index in [2.05, 4.69) is 49.9 Å². The molecule has 1 aromatic carbocycles. The molecule has 0 aromatic heterocycles. The normalized spacial score (nSPS) is 12.9. The SMILES string of the molecule is CCN(CC(C)C)c1ccc([C@H](C)N)cc1. The van der Waals surface area contributed by atoms with Gasteiger partial charge in [-0.2, -0.15) is 0 Å². The average Bonchev–Trinajstić information content (AvgIpc) is 2.25. The van der Waals surface area contributed by atoms with Crippen molar-refractivity contribution in [1.29, 1.82) is 0 Å². The van der Waals surface area contributed by atoms with E-state index in [-0.39, 0.29) is 6.04 Å². The molecule has 0 radical (unpaired) electrons. The van der Waals surface area contributed by atoms with Gasteiger partial charge >= 0.3 is 0 Å². The molecule has 0 bridgehead atoms. The summed E-state index contributed by atoms with van der Waals surface area (Å²) in [4.78, 5) is 2.40. The van der Waals surface area contributed by atoms with Gasteiger partial charge in [0.25, 0.3) is 0 Å². The lowest BCUT2D eigenvalue weighted by atomic mass is 10.1. The topological polar surface area (TPSA) is 29.3 Å². The third-order valence-electron chi connectivity index (χ3n) is 2.75. The highest BCUT2D eigenvalue weighted by molar-refractivity contribution is 5.47. The Morgan fingerprint density at radius 1 is 1.12 bits per heavy atom. The van der Waals surface area contributed by atoms with Crippen molar-refractivity contribution >= 4 is 5.69 Å². The first-order valence-corrected chi connectivity index (χ1v) is 6.15. The van der Waals surface area contributed by atoms with Crippen LogP contribution >= 0.6 is 0 Å². The van der Waals surface area contributed by atoms with E-state index in [1.54, 1.807) is 0 Å². The van der Waals surface area contributed by atoms with E-state index in [9.17, 15) is 0 Å². The predicted molar refractivity (Wildman–Crippen MR) is 71.8 cm³/mol. The molecule has 2 nitrogen and oxygen atoms in total. The lowest BCUT2D eigenvalue weighted by molar-refractivity contribution is 0.618. The molecule has 2 heteroatoms. The van der Waals surface area contributed by atoms with Gasteiger partial charge in [0, 0.05) is 24.8 Å². The second-order valence-electron chi connectivity index (χ2n) is 4.81. The highest BCUT2D eigenvalue weighted by Crippen LogP contribution is 2.18. The van der Waals surface area contributed by atoms with Crippen LogP contribution in [-0.2, 0) is 0 Å². The molecule has 0 unspecified atom stereocenters. The summed E-state index contributed by atoms with van der Waals surface area (Å²) in [6.45, 7) is 10.9. The summed E-state index contributed by atoms with van der Waals surface area (Å²) in [5, 5.41) is 0. The standard InChI is InChI=1S/C14H24N2/c1-5-16(10-11(2)3)14-8-6-13(7-9-14)12(4)15/h6-9,11-12H,5,10,15H2,1-4H3/t12-/m0/s1. The van der Waals surface area contributed by atoms with E-state index < -0.39 is 0 Å². The van der Waals surface area contributed by atoms with Crippen molar-refractivity contribution in [1.82, 2.24) is 0 Å². The first kappa shape index (κ1) is 13.0. The Bertz CT molecular complexity index is 301. The third-order valence-corrected chi connectivity index (χ3v) is 2.75. The molecule has 2 N–H and O–H groups in total. The summed E-state index contributed by atoms with van der Waals surface area (Å²) in [6.07, 6.45) is 0. The molecule has 0 heterocycles. The lowest BCUT2D eigenvalue weighted by Gasteiger charge is -2.25. The van der Waals surface area contributed by atoms with Gasteiger partial charge in [-0.05, 0) is 37.5 Å². The smallest absolute Gasteiger partial charge is 0.0366 e. The van der Waals surface area contributed by atoms with Gasteiger partial charge in [0.05, 0.1) is 0 Å². The van der Waals surface area contributed by atoms with Crippen molar-refractivity contribution in [3.8, 4) is 0 Å². The Labute approximate surface area is 99.5 Å². The van der Waals surface area contributed by atoms with Crippen LogP contribution in [0.3, 0.4) is 0 Å². The molecule has 0 aliphatic carbocycles. The molecule has 0 saturated carbocycles. The van der Waals surface area contributed by atoms with Crippen LogP contribution in [0.1, 0.15) is 39.3 Å². The molecule has 0 spiro atoms. The predicted octanol–water partition coefficient (Wildman–Crippen LogP) is 3.19. The number of rotatable bonds is 5. The van der Waals surface area contributed by atoms with E-state index in [0.717, 1.165) is 13.1 Å². The Balaban J connectivity index is 2.78. The first-order valence-electron chi connectivity index (χ1n) is 6.15. The first-order chi connectivity index (χ1) is 7.54. The Morgan fingerprint density at radius 2 is 1.69 bits per heavy atom. The van der Waals surface area contributed by atoms with Gasteiger partial charge in [0.2, 0.25) is 0 Å². The maximum absolute atomic E-state index is 5.84. The Morgan fingerprint density at radius 3 is 2.06 bits per heavy atom. The van der Waals surface area contributed by atoms with Gasteiger partial charge in [0.15, 0.2) is 0 Å². The Hall–Kier alpha value is -1.02. The number of nitrogens with zero attached hydrogens (tertiary/aromatic N) is 1. The van der Waals surface area contributed by atoms with Crippen LogP contribution in [0.15, 0.2) is 24.3 Å². The van der Waals surface area contributed by atoms with E-state index in [1.165, 1.54) is 11.3 Å². The van der Waals surface area contributed by atoms with Crippen LogP contribution in [0.4, 0.5) is 5.69 Å². The molecule has 1 aromatic rings. The van der Waals surface area contributed by atoms with Crippen LogP contribution in [0, 0.1) is 5.92 Å². The summed E-state index contributed by atoms with van der Waals surface area (Å²) in [5.74, 6) is 0.688. The molecular formula is C14H24N2. The zero-order chi connectivity index (χ0) is 12.1. The minimum absolute atomic E-state index is 0.120. The summed E-state index contributed by atoms with van der Waals surface area (Å²) >= 11 is 0. The maximum Gasteiger partial charge on any atom is 0.0366 e. The van der Waals surface area contributed by atoms with Crippen LogP contribution in [-0.4, -0.2) is 13.1 Å². The van der Waals surface area contributed by atoms with E-state index >= 15 is 0 Å². The van der Waals surface area contributed by atoms with Gasteiger partial charge in [-0.25, -0.2) is 0 Å². The van der Waals surface area contributed by atoms with Crippen molar-refractivity contribution in [2.75, 3.05) is 18.0 Å². The highest BCUT2D eigenvalue weighted by atomic mass is 15.1. The minimum atomic E-state index is 0.120. The zero-order valence-corrected chi connectivity index (χ0v) is 10.9. The van der Waals surface area contributed by atoms with Crippen molar-refractivity contribution in [3.05, 3.63) is 29.8 Å². The summed E-state index contributed by atoms with van der Waals surface area (Å²) < 4.78 is 0. The number of anilines is 1. The van der Waals surface area contributed by atoms with Crippen LogP contribution < -0.4 is 10.6 Å². The fourth-order valence-corrected chi connectivity index (χ4v) is 1.85. The fourth-order valence-electron chi connectivity index (χ4n) is 1.85. The number of hydrogen-bond donors (Lipinski definition) is 1. The molecule has 1 rings (SSSR count). The van der Waals surface area contributed by atoms with Gasteiger partial charge in [-0.3, -0.25) is 0 Å². The lowest BCUT2D eigenvalue weighted by Crippen LogP contribution is -2.27. The number of nitrogens with two attached hydrogens (primary N) is 1. The van der Waals surface area contributed by atoms with Crippen molar-refractivity contribution in [2.45, 2.75) is 33.7 Å². The highest BCUT2D eigenvalue weighted by Gasteiger charge is 2.07. The molecular weight excluding hydrogens is 196 g/mol. The molecule has 0 saturated heterocycles. The molecule has 1 atom stereocenters. The van der Waals surface area contributed by atoms with E-state index in [1.807, 2.05) is 6.92 Å². The van der Waals surface area contributed by atoms with E-state index in [4.69, 9.17) is 5.73 Å². The molecule has 16 heavy (non-hydrogen) atoms. The molecule has 0 amide bonds. The van der Waals surface area contributed by atoms with Gasteiger partial charge < -0.3 is 10.6 Å². The molecule has 0 aliphatic rings.